The van der Waals surface area contributed by atoms with Crippen molar-refractivity contribution in [2.75, 3.05) is 17.1 Å². The highest BCUT2D eigenvalue weighted by Gasteiger charge is 2.30. The lowest BCUT2D eigenvalue weighted by Crippen LogP contribution is -2.52. The summed E-state index contributed by atoms with van der Waals surface area (Å²) in [4.78, 5) is 27.7. The number of amides is 2. The molecule has 7 nitrogen and oxygen atoms in total. The smallest absolute Gasteiger partial charge is 0.244 e. The number of anilines is 1. The Morgan fingerprint density at radius 1 is 1.03 bits per heavy atom. The van der Waals surface area contributed by atoms with Gasteiger partial charge in [-0.05, 0) is 57.0 Å². The molecule has 2 amide bonds. The zero-order valence-electron chi connectivity index (χ0n) is 19.7. The van der Waals surface area contributed by atoms with Gasteiger partial charge < -0.3 is 10.2 Å². The monoisotopic (exact) mass is 537 g/mol. The molecule has 2 unspecified atom stereocenters. The Labute approximate surface area is 205 Å². The second-order valence-electron chi connectivity index (χ2n) is 8.25. The Hall–Kier alpha value is -2.39. The van der Waals surface area contributed by atoms with Gasteiger partial charge in [-0.15, -0.1) is 0 Å². The molecule has 0 saturated carbocycles. The van der Waals surface area contributed by atoms with Crippen molar-refractivity contribution in [3.8, 4) is 0 Å². The van der Waals surface area contributed by atoms with Crippen LogP contribution in [0.5, 0.6) is 0 Å². The molecule has 0 fully saturated rings. The second kappa shape index (κ2) is 11.7. The Bertz CT molecular complexity index is 1060. The number of carbonyl (C=O) groups excluding carboxylic acids is 2. The van der Waals surface area contributed by atoms with Crippen LogP contribution in [0.3, 0.4) is 0 Å². The van der Waals surface area contributed by atoms with Crippen LogP contribution in [-0.2, 0) is 26.2 Å². The van der Waals surface area contributed by atoms with E-state index in [1.807, 2.05) is 45.0 Å². The van der Waals surface area contributed by atoms with Gasteiger partial charge in [-0.2, -0.15) is 0 Å². The molecule has 2 aromatic rings. The van der Waals surface area contributed by atoms with Gasteiger partial charge in [0.25, 0.3) is 0 Å². The normalized spacial score (nSPS) is 13.2. The van der Waals surface area contributed by atoms with E-state index in [-0.39, 0.29) is 18.5 Å². The van der Waals surface area contributed by atoms with Crippen molar-refractivity contribution in [1.82, 2.24) is 10.2 Å². The van der Waals surface area contributed by atoms with Crippen LogP contribution < -0.4 is 9.62 Å². The quantitative estimate of drug-likeness (QED) is 0.498. The third kappa shape index (κ3) is 7.85. The summed E-state index contributed by atoms with van der Waals surface area (Å²) in [5.41, 5.74) is 2.21. The number of aryl methyl sites for hydroxylation is 1. The van der Waals surface area contributed by atoms with Crippen LogP contribution in [0.15, 0.2) is 53.0 Å². The molecule has 0 aliphatic carbocycles. The Kier molecular flexibility index (Phi) is 9.48. The number of hydrogen-bond acceptors (Lipinski definition) is 4. The van der Waals surface area contributed by atoms with E-state index in [1.54, 1.807) is 31.2 Å². The van der Waals surface area contributed by atoms with Crippen LogP contribution >= 0.6 is 15.9 Å². The molecule has 9 heteroatoms. The highest BCUT2D eigenvalue weighted by atomic mass is 79.9. The Morgan fingerprint density at radius 2 is 1.61 bits per heavy atom. The summed E-state index contributed by atoms with van der Waals surface area (Å²) in [6, 6.07) is 13.5. The summed E-state index contributed by atoms with van der Waals surface area (Å²) in [7, 11) is -3.73. The van der Waals surface area contributed by atoms with Crippen molar-refractivity contribution in [1.29, 1.82) is 0 Å². The second-order valence-corrected chi connectivity index (χ2v) is 11.1. The van der Waals surface area contributed by atoms with Crippen LogP contribution in [0, 0.1) is 6.92 Å². The molecule has 0 radical (unpaired) electrons. The van der Waals surface area contributed by atoms with E-state index in [9.17, 15) is 18.0 Å². The molecule has 0 aromatic heterocycles. The van der Waals surface area contributed by atoms with Gasteiger partial charge in [0.05, 0.1) is 11.9 Å². The number of halogens is 1. The number of hydrogen-bond donors (Lipinski definition) is 1. The van der Waals surface area contributed by atoms with Crippen LogP contribution in [-0.4, -0.2) is 50.0 Å². The van der Waals surface area contributed by atoms with Gasteiger partial charge in [0.15, 0.2) is 0 Å². The first-order valence-electron chi connectivity index (χ1n) is 10.8. The third-order valence-corrected chi connectivity index (χ3v) is 7.10. The number of benzene rings is 2. The number of sulfonamides is 1. The minimum absolute atomic E-state index is 0.0374. The number of nitrogens with one attached hydrogen (secondary N) is 1. The average molecular weight is 539 g/mol. The molecule has 2 rings (SSSR count). The molecule has 0 saturated heterocycles. The van der Waals surface area contributed by atoms with Gasteiger partial charge in [0.2, 0.25) is 21.8 Å². The lowest BCUT2D eigenvalue weighted by Gasteiger charge is -2.32. The molecule has 0 aliphatic rings. The average Bonchev–Trinajstić information content (AvgIpc) is 2.76. The third-order valence-electron chi connectivity index (χ3n) is 5.44. The largest absolute Gasteiger partial charge is 0.352 e. The van der Waals surface area contributed by atoms with Crippen LogP contribution in [0.2, 0.25) is 0 Å². The summed E-state index contributed by atoms with van der Waals surface area (Å²) in [6.07, 6.45) is 1.83. The molecule has 180 valence electrons. The Morgan fingerprint density at radius 3 is 2.12 bits per heavy atom. The first kappa shape index (κ1) is 26.9. The molecule has 1 N–H and O–H groups in total. The molecule has 33 heavy (non-hydrogen) atoms. The molecular weight excluding hydrogens is 506 g/mol. The van der Waals surface area contributed by atoms with Crippen molar-refractivity contribution in [3.05, 3.63) is 64.1 Å². The molecule has 0 bridgehead atoms. The topological polar surface area (TPSA) is 86.8 Å². The first-order chi connectivity index (χ1) is 15.4. The summed E-state index contributed by atoms with van der Waals surface area (Å²) in [5, 5.41) is 2.91. The minimum Gasteiger partial charge on any atom is -0.352 e. The molecule has 2 atom stereocenters. The Balaban J connectivity index is 2.36. The predicted molar refractivity (Wildman–Crippen MR) is 135 cm³/mol. The van der Waals surface area contributed by atoms with Gasteiger partial charge in [-0.25, -0.2) is 8.42 Å². The predicted octanol–water partition coefficient (Wildman–Crippen LogP) is 3.86. The van der Waals surface area contributed by atoms with E-state index >= 15 is 0 Å². The summed E-state index contributed by atoms with van der Waals surface area (Å²) in [6.45, 7) is 7.19. The van der Waals surface area contributed by atoms with E-state index in [4.69, 9.17) is 0 Å². The maximum Gasteiger partial charge on any atom is 0.244 e. The molecular formula is C24H32BrN3O4S. The maximum atomic E-state index is 13.4. The fourth-order valence-corrected chi connectivity index (χ4v) is 4.27. The number of rotatable bonds is 10. The van der Waals surface area contributed by atoms with Crippen molar-refractivity contribution in [2.24, 2.45) is 0 Å². The fourth-order valence-electron chi connectivity index (χ4n) is 3.16. The van der Waals surface area contributed by atoms with Crippen molar-refractivity contribution >= 4 is 43.5 Å². The van der Waals surface area contributed by atoms with Crippen molar-refractivity contribution in [3.63, 3.8) is 0 Å². The minimum atomic E-state index is -3.73. The van der Waals surface area contributed by atoms with Gasteiger partial charge in [-0.1, -0.05) is 52.7 Å². The molecule has 0 spiro atoms. The van der Waals surface area contributed by atoms with Crippen LogP contribution in [0.25, 0.3) is 0 Å². The summed E-state index contributed by atoms with van der Waals surface area (Å²) in [5.74, 6) is -0.744. The van der Waals surface area contributed by atoms with Gasteiger partial charge in [-0.3, -0.25) is 13.9 Å². The van der Waals surface area contributed by atoms with E-state index in [2.05, 4.69) is 21.2 Å². The lowest BCUT2D eigenvalue weighted by atomic mass is 10.1. The number of carbonyl (C=O) groups is 2. The first-order valence-corrected chi connectivity index (χ1v) is 13.4. The summed E-state index contributed by atoms with van der Waals surface area (Å²) < 4.78 is 27.0. The lowest BCUT2D eigenvalue weighted by molar-refractivity contribution is -0.139. The van der Waals surface area contributed by atoms with Crippen LogP contribution in [0.1, 0.15) is 38.3 Å². The van der Waals surface area contributed by atoms with Crippen molar-refractivity contribution in [2.45, 2.75) is 52.7 Å². The fraction of sp³-hybridized carbons (Fsp3) is 0.417. The number of nitrogens with zero attached hydrogens (tertiary/aromatic N) is 2. The zero-order valence-corrected chi connectivity index (χ0v) is 22.1. The molecule has 2 aromatic carbocycles. The summed E-state index contributed by atoms with van der Waals surface area (Å²) >= 11 is 3.40. The van der Waals surface area contributed by atoms with E-state index < -0.39 is 28.5 Å². The van der Waals surface area contributed by atoms with Gasteiger partial charge in [0, 0.05) is 17.1 Å². The standard InChI is InChI=1S/C24H32BrN3O4S/c1-6-18(3)26-24(30)19(4)27(15-20-9-11-21(25)12-10-20)23(29)16-28(33(5,31)32)22-13-7-17(2)8-14-22/h7-14,18-19H,6,15-16H2,1-5H3,(H,26,30). The van der Waals surface area contributed by atoms with Gasteiger partial charge in [0.1, 0.15) is 12.6 Å². The maximum absolute atomic E-state index is 13.4. The van der Waals surface area contributed by atoms with E-state index in [0.717, 1.165) is 32.6 Å². The SMILES string of the molecule is CCC(C)NC(=O)C(C)N(Cc1ccc(Br)cc1)C(=O)CN(c1ccc(C)cc1)S(C)(=O)=O. The van der Waals surface area contributed by atoms with E-state index in [1.165, 1.54) is 4.90 Å². The highest BCUT2D eigenvalue weighted by molar-refractivity contribution is 9.10. The van der Waals surface area contributed by atoms with Crippen LogP contribution in [0.4, 0.5) is 5.69 Å². The van der Waals surface area contributed by atoms with Gasteiger partial charge >= 0.3 is 0 Å². The van der Waals surface area contributed by atoms with E-state index in [0.29, 0.717) is 5.69 Å². The highest BCUT2D eigenvalue weighted by Crippen LogP contribution is 2.20. The zero-order chi connectivity index (χ0) is 24.8. The van der Waals surface area contributed by atoms with Crippen molar-refractivity contribution < 1.29 is 18.0 Å². The molecule has 0 aliphatic heterocycles. The molecule has 0 heterocycles.